The van der Waals surface area contributed by atoms with Crippen molar-refractivity contribution in [1.29, 1.82) is 0 Å². The zero-order valence-corrected chi connectivity index (χ0v) is 13.2. The van der Waals surface area contributed by atoms with Crippen molar-refractivity contribution < 1.29 is 0 Å². The first-order valence-electron chi connectivity index (χ1n) is 7.72. The van der Waals surface area contributed by atoms with Crippen molar-refractivity contribution in [2.45, 2.75) is 52.1 Å². The van der Waals surface area contributed by atoms with Crippen LogP contribution in [0.4, 0.5) is 11.5 Å². The number of pyridine rings is 1. The Morgan fingerprint density at radius 2 is 2.05 bits per heavy atom. The van der Waals surface area contributed by atoms with Gasteiger partial charge in [-0.05, 0) is 65.8 Å². The van der Waals surface area contributed by atoms with Crippen LogP contribution in [0.1, 0.15) is 40.5 Å². The van der Waals surface area contributed by atoms with E-state index in [-0.39, 0.29) is 5.54 Å². The molecule has 1 saturated heterocycles. The molecule has 0 spiro atoms. The SMILES string of the molecule is CCN(c1ncccc1NC(C)(C)C)C1CCNCC1. The lowest BCUT2D eigenvalue weighted by atomic mass is 10.0. The molecule has 2 heterocycles. The Bertz CT molecular complexity index is 419. The Kier molecular flexibility index (Phi) is 4.86. The van der Waals surface area contributed by atoms with E-state index >= 15 is 0 Å². The third-order valence-electron chi connectivity index (χ3n) is 3.66. The molecule has 1 aliphatic rings. The summed E-state index contributed by atoms with van der Waals surface area (Å²) >= 11 is 0. The predicted octanol–water partition coefficient (Wildman–Crippen LogP) is 2.87. The van der Waals surface area contributed by atoms with Gasteiger partial charge in [-0.3, -0.25) is 0 Å². The molecule has 0 amide bonds. The van der Waals surface area contributed by atoms with Crippen LogP contribution in [0.25, 0.3) is 0 Å². The largest absolute Gasteiger partial charge is 0.377 e. The summed E-state index contributed by atoms with van der Waals surface area (Å²) in [5.74, 6) is 1.09. The summed E-state index contributed by atoms with van der Waals surface area (Å²) in [6.45, 7) is 12.0. The maximum Gasteiger partial charge on any atom is 0.152 e. The Morgan fingerprint density at radius 3 is 2.65 bits per heavy atom. The Balaban J connectivity index is 2.24. The lowest BCUT2D eigenvalue weighted by Gasteiger charge is -2.36. The third kappa shape index (κ3) is 3.85. The average molecular weight is 276 g/mol. The molecular weight excluding hydrogens is 248 g/mol. The molecular formula is C16H28N4. The van der Waals surface area contributed by atoms with Crippen LogP contribution in [0, 0.1) is 0 Å². The smallest absolute Gasteiger partial charge is 0.152 e. The van der Waals surface area contributed by atoms with Crippen molar-refractivity contribution in [3.63, 3.8) is 0 Å². The summed E-state index contributed by atoms with van der Waals surface area (Å²) in [5, 5.41) is 7.02. The first kappa shape index (κ1) is 15.1. The molecule has 2 N–H and O–H groups in total. The summed E-state index contributed by atoms with van der Waals surface area (Å²) in [5.41, 5.74) is 1.19. The Hall–Kier alpha value is -1.29. The fourth-order valence-electron chi connectivity index (χ4n) is 2.83. The van der Waals surface area contributed by atoms with Crippen LogP contribution >= 0.6 is 0 Å². The van der Waals surface area contributed by atoms with Gasteiger partial charge >= 0.3 is 0 Å². The summed E-state index contributed by atoms with van der Waals surface area (Å²) in [4.78, 5) is 7.11. The fourth-order valence-corrected chi connectivity index (χ4v) is 2.83. The van der Waals surface area contributed by atoms with Crippen molar-refractivity contribution in [2.75, 3.05) is 29.9 Å². The number of piperidine rings is 1. The van der Waals surface area contributed by atoms with Gasteiger partial charge in [0.1, 0.15) is 0 Å². The van der Waals surface area contributed by atoms with Crippen molar-refractivity contribution in [3.05, 3.63) is 18.3 Å². The molecule has 1 fully saturated rings. The fraction of sp³-hybridized carbons (Fsp3) is 0.688. The van der Waals surface area contributed by atoms with Crippen molar-refractivity contribution in [2.24, 2.45) is 0 Å². The predicted molar refractivity (Wildman–Crippen MR) is 86.5 cm³/mol. The molecule has 0 radical (unpaired) electrons. The molecule has 0 atom stereocenters. The average Bonchev–Trinajstić information content (AvgIpc) is 2.41. The highest BCUT2D eigenvalue weighted by atomic mass is 15.2. The van der Waals surface area contributed by atoms with Gasteiger partial charge in [-0.2, -0.15) is 0 Å². The van der Waals surface area contributed by atoms with E-state index in [1.165, 1.54) is 12.8 Å². The standard InChI is InChI=1S/C16H28N4/c1-5-20(13-8-11-17-12-9-13)15-14(7-6-10-18-15)19-16(2,3)4/h6-7,10,13,17,19H,5,8-9,11-12H2,1-4H3. The van der Waals surface area contributed by atoms with Crippen LogP contribution in [0.15, 0.2) is 18.3 Å². The van der Waals surface area contributed by atoms with E-state index in [4.69, 9.17) is 0 Å². The molecule has 0 aromatic carbocycles. The van der Waals surface area contributed by atoms with Gasteiger partial charge in [0.15, 0.2) is 5.82 Å². The second-order valence-electron chi connectivity index (χ2n) is 6.52. The lowest BCUT2D eigenvalue weighted by molar-refractivity contribution is 0.431. The van der Waals surface area contributed by atoms with Crippen LogP contribution in [-0.2, 0) is 0 Å². The molecule has 1 aromatic rings. The minimum absolute atomic E-state index is 0.0469. The third-order valence-corrected chi connectivity index (χ3v) is 3.66. The molecule has 20 heavy (non-hydrogen) atoms. The highest BCUT2D eigenvalue weighted by Crippen LogP contribution is 2.29. The molecule has 1 aliphatic heterocycles. The second-order valence-corrected chi connectivity index (χ2v) is 6.52. The highest BCUT2D eigenvalue weighted by Gasteiger charge is 2.24. The monoisotopic (exact) mass is 276 g/mol. The summed E-state index contributed by atoms with van der Waals surface area (Å²) in [7, 11) is 0. The van der Waals surface area contributed by atoms with Crippen molar-refractivity contribution >= 4 is 11.5 Å². The number of hydrogen-bond acceptors (Lipinski definition) is 4. The molecule has 112 valence electrons. The van der Waals surface area contributed by atoms with Crippen LogP contribution in [0.3, 0.4) is 0 Å². The topological polar surface area (TPSA) is 40.2 Å². The van der Waals surface area contributed by atoms with E-state index < -0.39 is 0 Å². The maximum absolute atomic E-state index is 4.65. The van der Waals surface area contributed by atoms with Crippen LogP contribution in [0.2, 0.25) is 0 Å². The zero-order valence-electron chi connectivity index (χ0n) is 13.2. The molecule has 0 unspecified atom stereocenters. The highest BCUT2D eigenvalue weighted by molar-refractivity contribution is 5.66. The van der Waals surface area contributed by atoms with Crippen LogP contribution < -0.4 is 15.5 Å². The molecule has 2 rings (SSSR count). The quantitative estimate of drug-likeness (QED) is 0.887. The van der Waals surface area contributed by atoms with E-state index in [0.717, 1.165) is 31.1 Å². The molecule has 4 heteroatoms. The molecule has 0 aliphatic carbocycles. The van der Waals surface area contributed by atoms with E-state index in [0.29, 0.717) is 6.04 Å². The normalized spacial score (nSPS) is 17.0. The zero-order chi connectivity index (χ0) is 14.6. The first-order valence-corrected chi connectivity index (χ1v) is 7.72. The molecule has 4 nitrogen and oxygen atoms in total. The van der Waals surface area contributed by atoms with Gasteiger partial charge in [-0.1, -0.05) is 0 Å². The van der Waals surface area contributed by atoms with Gasteiger partial charge in [-0.15, -0.1) is 0 Å². The lowest BCUT2D eigenvalue weighted by Crippen LogP contribution is -2.44. The van der Waals surface area contributed by atoms with Gasteiger partial charge in [0.05, 0.1) is 5.69 Å². The van der Waals surface area contributed by atoms with Gasteiger partial charge in [0, 0.05) is 24.3 Å². The number of hydrogen-bond donors (Lipinski definition) is 2. The molecule has 0 saturated carbocycles. The van der Waals surface area contributed by atoms with E-state index in [1.54, 1.807) is 0 Å². The Labute approximate surface area is 123 Å². The van der Waals surface area contributed by atoms with Gasteiger partial charge in [0.25, 0.3) is 0 Å². The van der Waals surface area contributed by atoms with E-state index in [1.807, 2.05) is 12.3 Å². The molecule has 1 aromatic heterocycles. The number of anilines is 2. The van der Waals surface area contributed by atoms with Gasteiger partial charge in [0.2, 0.25) is 0 Å². The minimum atomic E-state index is 0.0469. The Morgan fingerprint density at radius 1 is 1.35 bits per heavy atom. The first-order chi connectivity index (χ1) is 9.51. The van der Waals surface area contributed by atoms with E-state index in [9.17, 15) is 0 Å². The van der Waals surface area contributed by atoms with E-state index in [2.05, 4.69) is 54.3 Å². The van der Waals surface area contributed by atoms with Gasteiger partial charge < -0.3 is 15.5 Å². The maximum atomic E-state index is 4.65. The summed E-state index contributed by atoms with van der Waals surface area (Å²) in [6, 6.07) is 4.74. The minimum Gasteiger partial charge on any atom is -0.377 e. The number of aromatic nitrogens is 1. The number of nitrogens with one attached hydrogen (secondary N) is 2. The number of nitrogens with zero attached hydrogens (tertiary/aromatic N) is 2. The van der Waals surface area contributed by atoms with Crippen molar-refractivity contribution in [3.8, 4) is 0 Å². The summed E-state index contributed by atoms with van der Waals surface area (Å²) in [6.07, 6.45) is 4.28. The number of rotatable bonds is 4. The van der Waals surface area contributed by atoms with Crippen LogP contribution in [0.5, 0.6) is 0 Å². The van der Waals surface area contributed by atoms with Gasteiger partial charge in [-0.25, -0.2) is 4.98 Å². The molecule has 0 bridgehead atoms. The second kappa shape index (κ2) is 6.44. The summed E-state index contributed by atoms with van der Waals surface area (Å²) < 4.78 is 0. The van der Waals surface area contributed by atoms with Crippen molar-refractivity contribution in [1.82, 2.24) is 10.3 Å². The van der Waals surface area contributed by atoms with Crippen LogP contribution in [-0.4, -0.2) is 36.2 Å².